The minimum absolute atomic E-state index is 0.0463. The first-order valence-electron chi connectivity index (χ1n) is 6.07. The number of carbonyl (C=O) groups excluding carboxylic acids is 1. The van der Waals surface area contributed by atoms with E-state index < -0.39 is 27.3 Å². The number of hydrogen-bond donors (Lipinski definition) is 3. The van der Waals surface area contributed by atoms with Gasteiger partial charge in [-0.2, -0.15) is 0 Å². The molecular formula is C12H18N2O6S. The van der Waals surface area contributed by atoms with Crippen molar-refractivity contribution in [3.8, 4) is 0 Å². The Bertz CT molecular complexity index is 659. The maximum atomic E-state index is 12.0. The lowest BCUT2D eigenvalue weighted by atomic mass is 9.94. The van der Waals surface area contributed by atoms with Gasteiger partial charge in [0.05, 0.1) is 11.0 Å². The van der Waals surface area contributed by atoms with Crippen LogP contribution in [0.1, 0.15) is 30.0 Å². The van der Waals surface area contributed by atoms with Crippen molar-refractivity contribution in [2.75, 3.05) is 13.6 Å². The number of rotatable bonds is 6. The molecule has 0 unspecified atom stereocenters. The average Bonchev–Trinajstić information content (AvgIpc) is 2.78. The molecule has 118 valence electrons. The molecule has 1 amide bonds. The van der Waals surface area contributed by atoms with E-state index in [1.807, 2.05) is 0 Å². The molecule has 0 radical (unpaired) electrons. The first-order valence-corrected chi connectivity index (χ1v) is 7.55. The number of hydrogen-bond acceptors (Lipinski definition) is 5. The van der Waals surface area contributed by atoms with E-state index in [2.05, 4.69) is 10.0 Å². The van der Waals surface area contributed by atoms with Crippen molar-refractivity contribution >= 4 is 21.9 Å². The van der Waals surface area contributed by atoms with Gasteiger partial charge in [-0.25, -0.2) is 13.1 Å². The van der Waals surface area contributed by atoms with E-state index in [1.54, 1.807) is 0 Å². The molecule has 3 N–H and O–H groups in total. The van der Waals surface area contributed by atoms with E-state index in [0.29, 0.717) is 0 Å². The largest absolute Gasteiger partial charge is 0.481 e. The third-order valence-corrected chi connectivity index (χ3v) is 4.21. The number of nitrogens with one attached hydrogen (secondary N) is 2. The summed E-state index contributed by atoms with van der Waals surface area (Å²) in [6.45, 7) is 4.29. The molecule has 1 heterocycles. The van der Waals surface area contributed by atoms with Crippen molar-refractivity contribution in [1.29, 1.82) is 0 Å². The molecular weight excluding hydrogens is 300 g/mol. The van der Waals surface area contributed by atoms with E-state index in [-0.39, 0.29) is 23.0 Å². The zero-order valence-corrected chi connectivity index (χ0v) is 13.0. The number of aryl methyl sites for hydroxylation is 1. The molecule has 0 saturated heterocycles. The van der Waals surface area contributed by atoms with Crippen molar-refractivity contribution in [3.63, 3.8) is 0 Å². The molecule has 0 bridgehead atoms. The van der Waals surface area contributed by atoms with Crippen LogP contribution in [0.4, 0.5) is 0 Å². The predicted molar refractivity (Wildman–Crippen MR) is 73.4 cm³/mol. The van der Waals surface area contributed by atoms with E-state index in [9.17, 15) is 18.0 Å². The average molecular weight is 318 g/mol. The van der Waals surface area contributed by atoms with Crippen LogP contribution in [-0.2, 0) is 14.8 Å². The molecule has 9 heteroatoms. The van der Waals surface area contributed by atoms with Crippen LogP contribution in [0.2, 0.25) is 0 Å². The fourth-order valence-electron chi connectivity index (χ4n) is 1.39. The molecule has 1 aromatic heterocycles. The first kappa shape index (κ1) is 17.2. The van der Waals surface area contributed by atoms with Crippen LogP contribution < -0.4 is 10.0 Å². The fraction of sp³-hybridized carbons (Fsp3) is 0.500. The minimum atomic E-state index is -3.78. The van der Waals surface area contributed by atoms with Gasteiger partial charge in [0, 0.05) is 12.6 Å². The standard InChI is InChI=1S/C12H18N2O6S/c1-7-8(5-9(20-7)21(18,19)13-4)10(15)14-6-12(2,3)11(16)17/h5,13H,6H2,1-4H3,(H,14,15)(H,16,17). The first-order chi connectivity index (χ1) is 9.51. The zero-order valence-electron chi connectivity index (χ0n) is 12.2. The van der Waals surface area contributed by atoms with Crippen LogP contribution in [0.25, 0.3) is 0 Å². The summed E-state index contributed by atoms with van der Waals surface area (Å²) in [6.07, 6.45) is 0. The summed E-state index contributed by atoms with van der Waals surface area (Å²) in [5.41, 5.74) is -1.09. The molecule has 0 atom stereocenters. The van der Waals surface area contributed by atoms with Crippen LogP contribution >= 0.6 is 0 Å². The lowest BCUT2D eigenvalue weighted by Gasteiger charge is -2.19. The summed E-state index contributed by atoms with van der Waals surface area (Å²) in [4.78, 5) is 22.9. The third-order valence-electron chi connectivity index (χ3n) is 2.94. The quantitative estimate of drug-likeness (QED) is 0.694. The van der Waals surface area contributed by atoms with Gasteiger partial charge in [0.1, 0.15) is 5.76 Å². The number of carboxylic acids is 1. The molecule has 0 saturated carbocycles. The summed E-state index contributed by atoms with van der Waals surface area (Å²) in [5, 5.41) is 11.0. The van der Waals surface area contributed by atoms with Gasteiger partial charge in [-0.15, -0.1) is 0 Å². The molecule has 8 nitrogen and oxygen atoms in total. The summed E-state index contributed by atoms with van der Waals surface area (Å²) in [7, 11) is -2.56. The second-order valence-corrected chi connectivity index (χ2v) is 6.93. The Balaban J connectivity index is 2.93. The van der Waals surface area contributed by atoms with Gasteiger partial charge in [-0.1, -0.05) is 0 Å². The Morgan fingerprint density at radius 3 is 2.43 bits per heavy atom. The van der Waals surface area contributed by atoms with Crippen molar-refractivity contribution < 1.29 is 27.5 Å². The van der Waals surface area contributed by atoms with Crippen molar-refractivity contribution in [2.45, 2.75) is 25.9 Å². The van der Waals surface area contributed by atoms with Crippen LogP contribution in [0.5, 0.6) is 0 Å². The van der Waals surface area contributed by atoms with Crippen LogP contribution in [0.3, 0.4) is 0 Å². The van der Waals surface area contributed by atoms with Gasteiger partial charge >= 0.3 is 5.97 Å². The fourth-order valence-corrected chi connectivity index (χ4v) is 2.09. The molecule has 21 heavy (non-hydrogen) atoms. The Morgan fingerprint density at radius 1 is 1.38 bits per heavy atom. The molecule has 0 aromatic carbocycles. The molecule has 0 spiro atoms. The number of sulfonamides is 1. The van der Waals surface area contributed by atoms with Crippen LogP contribution in [-0.4, -0.2) is 39.0 Å². The molecule has 1 aromatic rings. The summed E-state index contributed by atoms with van der Waals surface area (Å²) in [5.74, 6) is -1.51. The highest BCUT2D eigenvalue weighted by Crippen LogP contribution is 2.19. The zero-order chi connectivity index (χ0) is 16.4. The normalized spacial score (nSPS) is 12.2. The highest BCUT2D eigenvalue weighted by molar-refractivity contribution is 7.89. The Hall–Kier alpha value is -1.87. The van der Waals surface area contributed by atoms with Gasteiger partial charge in [0.15, 0.2) is 0 Å². The van der Waals surface area contributed by atoms with Crippen molar-refractivity contribution in [3.05, 3.63) is 17.4 Å². The predicted octanol–water partition coefficient (Wildman–Crippen LogP) is 0.337. The van der Waals surface area contributed by atoms with Gasteiger partial charge in [0.2, 0.25) is 5.09 Å². The molecule has 0 aliphatic rings. The third kappa shape index (κ3) is 3.82. The lowest BCUT2D eigenvalue weighted by Crippen LogP contribution is -2.38. The van der Waals surface area contributed by atoms with Crippen molar-refractivity contribution in [2.24, 2.45) is 5.41 Å². The Morgan fingerprint density at radius 2 is 1.95 bits per heavy atom. The van der Waals surface area contributed by atoms with E-state index in [0.717, 1.165) is 6.07 Å². The highest BCUT2D eigenvalue weighted by atomic mass is 32.2. The summed E-state index contributed by atoms with van der Waals surface area (Å²) >= 11 is 0. The number of amides is 1. The second kappa shape index (κ2) is 5.86. The number of carboxylic acid groups (broad SMARTS) is 1. The monoisotopic (exact) mass is 318 g/mol. The lowest BCUT2D eigenvalue weighted by molar-refractivity contribution is -0.146. The maximum absolute atomic E-state index is 12.0. The van der Waals surface area contributed by atoms with Gasteiger partial charge in [-0.3, -0.25) is 9.59 Å². The van der Waals surface area contributed by atoms with E-state index >= 15 is 0 Å². The SMILES string of the molecule is CNS(=O)(=O)c1cc(C(=O)NCC(C)(C)C(=O)O)c(C)o1. The van der Waals surface area contributed by atoms with Gasteiger partial charge in [-0.05, 0) is 27.8 Å². The Kier molecular flexibility index (Phi) is 4.79. The van der Waals surface area contributed by atoms with Gasteiger partial charge in [0.25, 0.3) is 15.9 Å². The van der Waals surface area contributed by atoms with E-state index in [4.69, 9.17) is 9.52 Å². The van der Waals surface area contributed by atoms with Gasteiger partial charge < -0.3 is 14.8 Å². The molecule has 0 aliphatic carbocycles. The number of aliphatic carboxylic acids is 1. The number of furan rings is 1. The summed E-state index contributed by atoms with van der Waals surface area (Å²) < 4.78 is 30.3. The van der Waals surface area contributed by atoms with Crippen LogP contribution in [0, 0.1) is 12.3 Å². The second-order valence-electron chi connectivity index (χ2n) is 5.11. The van der Waals surface area contributed by atoms with Crippen LogP contribution in [0.15, 0.2) is 15.6 Å². The molecule has 0 aliphatic heterocycles. The molecule has 0 fully saturated rings. The topological polar surface area (TPSA) is 126 Å². The Labute approximate surface area is 122 Å². The molecule has 1 rings (SSSR count). The summed E-state index contributed by atoms with van der Waals surface area (Å²) in [6, 6.07) is 1.10. The number of carbonyl (C=O) groups is 2. The van der Waals surface area contributed by atoms with E-state index in [1.165, 1.54) is 27.8 Å². The maximum Gasteiger partial charge on any atom is 0.310 e. The minimum Gasteiger partial charge on any atom is -0.481 e. The highest BCUT2D eigenvalue weighted by Gasteiger charge is 2.29. The smallest absolute Gasteiger partial charge is 0.310 e. The van der Waals surface area contributed by atoms with Crippen molar-refractivity contribution in [1.82, 2.24) is 10.0 Å².